The van der Waals surface area contributed by atoms with Crippen molar-refractivity contribution >= 4 is 34.6 Å². The van der Waals surface area contributed by atoms with Crippen LogP contribution >= 0.6 is 11.6 Å². The molecule has 1 amide bonds. The van der Waals surface area contributed by atoms with Gasteiger partial charge in [-0.05, 0) is 43.7 Å². The van der Waals surface area contributed by atoms with E-state index in [0.717, 1.165) is 36.0 Å². The first kappa shape index (κ1) is 24.0. The molecule has 3 aromatic rings. The van der Waals surface area contributed by atoms with Crippen LogP contribution in [-0.4, -0.2) is 51.2 Å². The van der Waals surface area contributed by atoms with Crippen molar-refractivity contribution in [3.8, 4) is 11.3 Å². The molecular formula is C25H32ClN7O2. The van der Waals surface area contributed by atoms with Crippen molar-refractivity contribution < 1.29 is 9.53 Å². The third-order valence-corrected chi connectivity index (χ3v) is 7.45. The van der Waals surface area contributed by atoms with Gasteiger partial charge in [0, 0.05) is 23.7 Å². The molecule has 1 aromatic carbocycles. The van der Waals surface area contributed by atoms with Crippen molar-refractivity contribution in [2.45, 2.75) is 52.1 Å². The Morgan fingerprint density at radius 3 is 2.71 bits per heavy atom. The number of fused-ring (bicyclic) bond motifs is 1. The van der Waals surface area contributed by atoms with Crippen LogP contribution in [0.15, 0.2) is 24.3 Å². The molecule has 1 aliphatic carbocycles. The van der Waals surface area contributed by atoms with Crippen LogP contribution in [0.25, 0.3) is 22.4 Å². The van der Waals surface area contributed by atoms with Crippen molar-refractivity contribution in [3.63, 3.8) is 0 Å². The molecule has 35 heavy (non-hydrogen) atoms. The van der Waals surface area contributed by atoms with Crippen molar-refractivity contribution in [2.24, 2.45) is 17.7 Å². The number of amides is 1. The summed E-state index contributed by atoms with van der Waals surface area (Å²) < 4.78 is 7.95. The Kier molecular flexibility index (Phi) is 6.91. The van der Waals surface area contributed by atoms with E-state index >= 15 is 0 Å². The molecule has 1 saturated heterocycles. The van der Waals surface area contributed by atoms with Crippen molar-refractivity contribution in [1.29, 1.82) is 0 Å². The van der Waals surface area contributed by atoms with E-state index in [-0.39, 0.29) is 11.9 Å². The second kappa shape index (κ2) is 10.1. The number of halogens is 1. The number of nitrogen functional groups attached to an aromatic ring is 1. The number of carbonyl (C=O) groups excluding carboxylic acids is 1. The van der Waals surface area contributed by atoms with Crippen LogP contribution in [0, 0.1) is 11.8 Å². The number of morpholine rings is 1. The summed E-state index contributed by atoms with van der Waals surface area (Å²) >= 11 is 6.34. The molecule has 0 spiro atoms. The highest BCUT2D eigenvalue weighted by molar-refractivity contribution is 6.30. The third-order valence-electron chi connectivity index (χ3n) is 7.22. The molecule has 2 aliphatic rings. The smallest absolute Gasteiger partial charge is 0.303 e. The average Bonchev–Trinajstić information content (AvgIpc) is 3.22. The summed E-state index contributed by atoms with van der Waals surface area (Å²) in [6.07, 6.45) is 4.83. The molecule has 1 aliphatic heterocycles. The summed E-state index contributed by atoms with van der Waals surface area (Å²) in [4.78, 5) is 28.9. The summed E-state index contributed by atoms with van der Waals surface area (Å²) in [6.45, 7) is 7.31. The zero-order chi connectivity index (χ0) is 24.5. The van der Waals surface area contributed by atoms with Gasteiger partial charge in [-0.15, -0.1) is 0 Å². The van der Waals surface area contributed by atoms with Gasteiger partial charge in [0.15, 0.2) is 5.65 Å². The molecule has 9 nitrogen and oxygen atoms in total. The Hall–Kier alpha value is -2.75. The number of imidazole rings is 1. The van der Waals surface area contributed by atoms with Crippen LogP contribution in [0.3, 0.4) is 0 Å². The van der Waals surface area contributed by atoms with Crippen LogP contribution in [0.4, 0.5) is 5.95 Å². The van der Waals surface area contributed by atoms with Gasteiger partial charge in [0.1, 0.15) is 11.2 Å². The highest BCUT2D eigenvalue weighted by atomic mass is 35.5. The van der Waals surface area contributed by atoms with Crippen molar-refractivity contribution in [3.05, 3.63) is 35.1 Å². The number of ether oxygens (including phenoxy) is 1. The van der Waals surface area contributed by atoms with Gasteiger partial charge < -0.3 is 14.2 Å². The largest absolute Gasteiger partial charge is 0.377 e. The van der Waals surface area contributed by atoms with E-state index in [1.54, 1.807) is 0 Å². The lowest BCUT2D eigenvalue weighted by atomic mass is 9.83. The zero-order valence-electron chi connectivity index (χ0n) is 20.2. The number of hydrazine groups is 1. The molecule has 1 saturated carbocycles. The van der Waals surface area contributed by atoms with Gasteiger partial charge in [-0.1, -0.05) is 43.5 Å². The summed E-state index contributed by atoms with van der Waals surface area (Å²) in [5.41, 5.74) is 4.86. The molecule has 186 valence electrons. The molecule has 0 radical (unpaired) electrons. The molecule has 10 heteroatoms. The molecule has 0 unspecified atom stereocenters. The first-order valence-electron chi connectivity index (χ1n) is 12.3. The fourth-order valence-electron chi connectivity index (χ4n) is 5.21. The van der Waals surface area contributed by atoms with Gasteiger partial charge in [0.05, 0.1) is 19.3 Å². The summed E-state index contributed by atoms with van der Waals surface area (Å²) in [5.74, 6) is 6.99. The minimum absolute atomic E-state index is 0.0207. The summed E-state index contributed by atoms with van der Waals surface area (Å²) in [7, 11) is 0. The first-order chi connectivity index (χ1) is 16.9. The van der Waals surface area contributed by atoms with Crippen molar-refractivity contribution in [2.75, 3.05) is 24.7 Å². The van der Waals surface area contributed by atoms with Gasteiger partial charge in [-0.3, -0.25) is 10.2 Å². The second-order valence-electron chi connectivity index (χ2n) is 9.82. The maximum atomic E-state index is 12.5. The lowest BCUT2D eigenvalue weighted by Gasteiger charge is -2.35. The number of nitrogens with zero attached hydrogens (tertiary/aromatic N) is 5. The summed E-state index contributed by atoms with van der Waals surface area (Å²) in [5, 5.41) is 0.591. The van der Waals surface area contributed by atoms with Gasteiger partial charge in [0.2, 0.25) is 11.8 Å². The van der Waals surface area contributed by atoms with Crippen LogP contribution in [0.5, 0.6) is 0 Å². The minimum Gasteiger partial charge on any atom is -0.377 e. The fourth-order valence-corrected chi connectivity index (χ4v) is 5.40. The Bertz CT molecular complexity index is 1220. The lowest BCUT2D eigenvalue weighted by Crippen LogP contribution is -2.45. The number of hydrogen-bond acceptors (Lipinski definition) is 7. The average molecular weight is 498 g/mol. The van der Waals surface area contributed by atoms with E-state index in [1.807, 2.05) is 24.3 Å². The maximum absolute atomic E-state index is 12.5. The van der Waals surface area contributed by atoms with Crippen LogP contribution in [0.2, 0.25) is 5.02 Å². The number of hydrogen-bond donors (Lipinski definition) is 2. The standard InChI is InChI=1S/C25H32ClN7O2/c1-15-6-8-17(9-7-15)13-33-21-20(18-4-3-5-19(26)12-18)28-23(24(34)31-27)29-22(21)30-25(33)32-10-11-35-14-16(32)2/h3-5,12,15-17H,6-11,13-14,27H2,1-2H3,(H,31,34)/t15-,16-,17-/m1/s1. The van der Waals surface area contributed by atoms with Gasteiger partial charge in [0.25, 0.3) is 0 Å². The van der Waals surface area contributed by atoms with E-state index in [4.69, 9.17) is 27.2 Å². The number of aromatic nitrogens is 4. The molecule has 2 aromatic heterocycles. The number of nitrogens with two attached hydrogens (primary N) is 1. The third kappa shape index (κ3) is 4.85. The molecule has 3 heterocycles. The number of benzene rings is 1. The Labute approximate surface area is 210 Å². The van der Waals surface area contributed by atoms with Gasteiger partial charge in [-0.25, -0.2) is 15.8 Å². The topological polar surface area (TPSA) is 111 Å². The Morgan fingerprint density at radius 2 is 2.00 bits per heavy atom. The first-order valence-corrected chi connectivity index (χ1v) is 12.7. The zero-order valence-corrected chi connectivity index (χ0v) is 21.0. The van der Waals surface area contributed by atoms with E-state index in [9.17, 15) is 4.79 Å². The van der Waals surface area contributed by atoms with Crippen LogP contribution < -0.4 is 16.2 Å². The minimum atomic E-state index is -0.563. The molecule has 3 N–H and O–H groups in total. The van der Waals surface area contributed by atoms with Gasteiger partial charge >= 0.3 is 5.91 Å². The molecule has 2 fully saturated rings. The predicted octanol–water partition coefficient (Wildman–Crippen LogP) is 3.80. The predicted molar refractivity (Wildman–Crippen MR) is 136 cm³/mol. The van der Waals surface area contributed by atoms with E-state index in [1.165, 1.54) is 25.7 Å². The number of anilines is 1. The second-order valence-corrected chi connectivity index (χ2v) is 10.3. The highest BCUT2D eigenvalue weighted by Gasteiger charge is 2.30. The maximum Gasteiger partial charge on any atom is 0.303 e. The van der Waals surface area contributed by atoms with Gasteiger partial charge in [-0.2, -0.15) is 4.98 Å². The van der Waals surface area contributed by atoms with Crippen molar-refractivity contribution in [1.82, 2.24) is 24.9 Å². The normalized spacial score (nSPS) is 23.0. The lowest BCUT2D eigenvalue weighted by molar-refractivity contribution is 0.0943. The summed E-state index contributed by atoms with van der Waals surface area (Å²) in [6, 6.07) is 7.65. The molecule has 1 atom stereocenters. The van der Waals surface area contributed by atoms with E-state index in [0.29, 0.717) is 35.5 Å². The highest BCUT2D eigenvalue weighted by Crippen LogP contribution is 2.36. The quantitative estimate of drug-likeness (QED) is 0.313. The Morgan fingerprint density at radius 1 is 1.20 bits per heavy atom. The van der Waals surface area contributed by atoms with E-state index in [2.05, 4.69) is 38.7 Å². The number of carbonyl (C=O) groups is 1. The fraction of sp³-hybridized carbons (Fsp3) is 0.520. The van der Waals surface area contributed by atoms with Crippen LogP contribution in [0.1, 0.15) is 50.1 Å². The van der Waals surface area contributed by atoms with Crippen LogP contribution in [-0.2, 0) is 11.3 Å². The Balaban J connectivity index is 1.72. The van der Waals surface area contributed by atoms with E-state index < -0.39 is 5.91 Å². The molecule has 0 bridgehead atoms. The number of nitrogens with one attached hydrogen (secondary N) is 1. The SMILES string of the molecule is C[C@@H]1COCCN1c1nc2nc(C(=O)NN)nc(-c3cccc(Cl)c3)c2n1C[C@H]1CC[C@H](C)CC1. The monoisotopic (exact) mass is 497 g/mol. The number of rotatable bonds is 5. The molecule has 5 rings (SSSR count). The molecular weight excluding hydrogens is 466 g/mol.